The predicted octanol–water partition coefficient (Wildman–Crippen LogP) is 2.40. The van der Waals surface area contributed by atoms with Gasteiger partial charge in [-0.15, -0.1) is 0 Å². The number of hydrogen-bond acceptors (Lipinski definition) is 4. The topological polar surface area (TPSA) is 47.0 Å². The zero-order valence-electron chi connectivity index (χ0n) is 10.9. The molecule has 0 spiro atoms. The SMILES string of the molecule is CC(C)NCCCOc1ncc2ccccc2n1. The molecule has 1 aromatic carbocycles. The van der Waals surface area contributed by atoms with Crippen LogP contribution >= 0.6 is 0 Å². The van der Waals surface area contributed by atoms with E-state index in [1.165, 1.54) is 0 Å². The Bertz CT molecular complexity index is 499. The second kappa shape index (κ2) is 6.31. The summed E-state index contributed by atoms with van der Waals surface area (Å²) in [5.41, 5.74) is 0.919. The lowest BCUT2D eigenvalue weighted by atomic mass is 10.2. The highest BCUT2D eigenvalue weighted by Gasteiger charge is 2.00. The molecule has 4 heteroatoms. The molecule has 1 heterocycles. The van der Waals surface area contributed by atoms with Gasteiger partial charge in [-0.05, 0) is 19.0 Å². The highest BCUT2D eigenvalue weighted by atomic mass is 16.5. The molecule has 0 bridgehead atoms. The normalized spacial score (nSPS) is 11.1. The van der Waals surface area contributed by atoms with Crippen LogP contribution in [-0.2, 0) is 0 Å². The van der Waals surface area contributed by atoms with E-state index in [9.17, 15) is 0 Å². The average Bonchev–Trinajstić information content (AvgIpc) is 2.38. The number of aromatic nitrogens is 2. The molecule has 1 aromatic heterocycles. The molecule has 0 atom stereocenters. The van der Waals surface area contributed by atoms with Crippen LogP contribution in [0.5, 0.6) is 6.01 Å². The van der Waals surface area contributed by atoms with Crippen molar-refractivity contribution in [2.45, 2.75) is 26.3 Å². The molecule has 0 fully saturated rings. The fourth-order valence-electron chi connectivity index (χ4n) is 1.65. The monoisotopic (exact) mass is 245 g/mol. The van der Waals surface area contributed by atoms with E-state index in [0.717, 1.165) is 23.9 Å². The number of hydrogen-bond donors (Lipinski definition) is 1. The van der Waals surface area contributed by atoms with Crippen LogP contribution in [0.25, 0.3) is 10.9 Å². The highest BCUT2D eigenvalue weighted by molar-refractivity contribution is 5.77. The van der Waals surface area contributed by atoms with Crippen molar-refractivity contribution in [1.82, 2.24) is 15.3 Å². The second-order valence-electron chi connectivity index (χ2n) is 4.52. The number of rotatable bonds is 6. The van der Waals surface area contributed by atoms with Gasteiger partial charge in [-0.1, -0.05) is 32.0 Å². The third-order valence-corrected chi connectivity index (χ3v) is 2.57. The Hall–Kier alpha value is -1.68. The number of ether oxygens (including phenoxy) is 1. The van der Waals surface area contributed by atoms with Crippen LogP contribution in [0.4, 0.5) is 0 Å². The lowest BCUT2D eigenvalue weighted by molar-refractivity contribution is 0.284. The first-order valence-corrected chi connectivity index (χ1v) is 6.33. The summed E-state index contributed by atoms with van der Waals surface area (Å²) >= 11 is 0. The largest absolute Gasteiger partial charge is 0.463 e. The predicted molar refractivity (Wildman–Crippen MR) is 72.8 cm³/mol. The fraction of sp³-hybridized carbons (Fsp3) is 0.429. The maximum Gasteiger partial charge on any atom is 0.316 e. The van der Waals surface area contributed by atoms with Gasteiger partial charge in [0, 0.05) is 17.6 Å². The second-order valence-corrected chi connectivity index (χ2v) is 4.52. The minimum absolute atomic E-state index is 0.457. The van der Waals surface area contributed by atoms with Crippen molar-refractivity contribution in [3.8, 4) is 6.01 Å². The van der Waals surface area contributed by atoms with E-state index in [2.05, 4.69) is 29.1 Å². The van der Waals surface area contributed by atoms with Crippen molar-refractivity contribution >= 4 is 10.9 Å². The Morgan fingerprint density at radius 2 is 2.11 bits per heavy atom. The molecule has 2 aromatic rings. The molecule has 18 heavy (non-hydrogen) atoms. The van der Waals surface area contributed by atoms with Gasteiger partial charge in [0.1, 0.15) is 0 Å². The molecule has 0 saturated heterocycles. The van der Waals surface area contributed by atoms with E-state index in [-0.39, 0.29) is 0 Å². The molecular formula is C14H19N3O. The van der Waals surface area contributed by atoms with Crippen molar-refractivity contribution in [3.05, 3.63) is 30.5 Å². The summed E-state index contributed by atoms with van der Waals surface area (Å²) < 4.78 is 5.53. The lowest BCUT2D eigenvalue weighted by Crippen LogP contribution is -2.24. The summed E-state index contributed by atoms with van der Waals surface area (Å²) in [6.07, 6.45) is 2.75. The molecule has 1 N–H and O–H groups in total. The molecule has 96 valence electrons. The van der Waals surface area contributed by atoms with Crippen LogP contribution in [0.3, 0.4) is 0 Å². The molecule has 2 rings (SSSR count). The Morgan fingerprint density at radius 3 is 2.94 bits per heavy atom. The molecule has 0 aliphatic rings. The summed E-state index contributed by atoms with van der Waals surface area (Å²) in [6.45, 7) is 5.85. The highest BCUT2D eigenvalue weighted by Crippen LogP contribution is 2.12. The Morgan fingerprint density at radius 1 is 1.28 bits per heavy atom. The van der Waals surface area contributed by atoms with E-state index in [4.69, 9.17) is 4.74 Å². The zero-order valence-corrected chi connectivity index (χ0v) is 10.9. The van der Waals surface area contributed by atoms with Crippen LogP contribution in [0.15, 0.2) is 30.5 Å². The first-order chi connectivity index (χ1) is 8.75. The minimum Gasteiger partial charge on any atom is -0.463 e. The van der Waals surface area contributed by atoms with Crippen LogP contribution in [0.2, 0.25) is 0 Å². The van der Waals surface area contributed by atoms with Crippen LogP contribution in [0, 0.1) is 0 Å². The van der Waals surface area contributed by atoms with Gasteiger partial charge in [0.2, 0.25) is 0 Å². The minimum atomic E-state index is 0.457. The van der Waals surface area contributed by atoms with Gasteiger partial charge in [0.05, 0.1) is 12.1 Å². The van der Waals surface area contributed by atoms with Crippen molar-refractivity contribution in [3.63, 3.8) is 0 Å². The standard InChI is InChI=1S/C14H19N3O/c1-11(2)15-8-5-9-18-14-16-10-12-6-3-4-7-13(12)17-14/h3-4,6-7,10-11,15H,5,8-9H2,1-2H3. The number of para-hydroxylation sites is 1. The fourth-order valence-corrected chi connectivity index (χ4v) is 1.65. The van der Waals surface area contributed by atoms with Crippen LogP contribution in [-0.4, -0.2) is 29.2 Å². The van der Waals surface area contributed by atoms with Crippen molar-refractivity contribution < 1.29 is 4.74 Å². The van der Waals surface area contributed by atoms with Crippen LogP contribution in [0.1, 0.15) is 20.3 Å². The smallest absolute Gasteiger partial charge is 0.316 e. The average molecular weight is 245 g/mol. The Labute approximate surface area is 107 Å². The maximum atomic E-state index is 5.53. The van der Waals surface area contributed by atoms with Gasteiger partial charge >= 0.3 is 6.01 Å². The van der Waals surface area contributed by atoms with Crippen molar-refractivity contribution in [2.75, 3.05) is 13.2 Å². The Balaban J connectivity index is 1.84. The molecular weight excluding hydrogens is 226 g/mol. The van der Waals surface area contributed by atoms with Gasteiger partial charge in [-0.25, -0.2) is 4.98 Å². The third-order valence-electron chi connectivity index (χ3n) is 2.57. The number of fused-ring (bicyclic) bond motifs is 1. The number of nitrogens with one attached hydrogen (secondary N) is 1. The van der Waals surface area contributed by atoms with E-state index in [1.54, 1.807) is 6.20 Å². The van der Waals surface area contributed by atoms with Gasteiger partial charge in [-0.3, -0.25) is 0 Å². The maximum absolute atomic E-state index is 5.53. The zero-order chi connectivity index (χ0) is 12.8. The molecule has 0 aliphatic carbocycles. The third kappa shape index (κ3) is 3.67. The molecule has 0 aliphatic heterocycles. The van der Waals surface area contributed by atoms with E-state index < -0.39 is 0 Å². The van der Waals surface area contributed by atoms with Gasteiger partial charge in [0.25, 0.3) is 0 Å². The van der Waals surface area contributed by atoms with Crippen molar-refractivity contribution in [1.29, 1.82) is 0 Å². The lowest BCUT2D eigenvalue weighted by Gasteiger charge is -2.08. The summed E-state index contributed by atoms with van der Waals surface area (Å²) in [4.78, 5) is 8.54. The van der Waals surface area contributed by atoms with E-state index >= 15 is 0 Å². The molecule has 0 amide bonds. The summed E-state index contributed by atoms with van der Waals surface area (Å²) in [5.74, 6) is 0. The molecule has 0 unspecified atom stereocenters. The van der Waals surface area contributed by atoms with Gasteiger partial charge in [-0.2, -0.15) is 4.98 Å². The number of nitrogens with zero attached hydrogens (tertiary/aromatic N) is 2. The summed E-state index contributed by atoms with van der Waals surface area (Å²) in [5, 5.41) is 4.37. The molecule has 4 nitrogen and oxygen atoms in total. The van der Waals surface area contributed by atoms with E-state index in [0.29, 0.717) is 18.7 Å². The van der Waals surface area contributed by atoms with Crippen LogP contribution < -0.4 is 10.1 Å². The summed E-state index contributed by atoms with van der Waals surface area (Å²) in [6, 6.07) is 8.87. The quantitative estimate of drug-likeness (QED) is 0.794. The molecule has 0 saturated carbocycles. The van der Waals surface area contributed by atoms with Gasteiger partial charge in [0.15, 0.2) is 0 Å². The number of benzene rings is 1. The van der Waals surface area contributed by atoms with E-state index in [1.807, 2.05) is 24.3 Å². The summed E-state index contributed by atoms with van der Waals surface area (Å²) in [7, 11) is 0. The first kappa shape index (κ1) is 12.8. The Kier molecular flexibility index (Phi) is 4.47. The molecule has 0 radical (unpaired) electrons. The van der Waals surface area contributed by atoms with Gasteiger partial charge < -0.3 is 10.1 Å². The van der Waals surface area contributed by atoms with Crippen molar-refractivity contribution in [2.24, 2.45) is 0 Å². The first-order valence-electron chi connectivity index (χ1n) is 6.33.